The third-order valence-electron chi connectivity index (χ3n) is 2.48. The zero-order valence-electron chi connectivity index (χ0n) is 9.89. The maximum absolute atomic E-state index is 11.8. The molecule has 1 aliphatic heterocycles. The number of ether oxygens (including phenoxy) is 1. The molecule has 0 atom stereocenters. The molecule has 1 heterocycles. The molecule has 0 bridgehead atoms. The molecule has 1 N–H and O–H groups in total. The van der Waals surface area contributed by atoms with E-state index < -0.39 is 17.7 Å². The Hall–Kier alpha value is -2.08. The molecule has 100 valence electrons. The highest BCUT2D eigenvalue weighted by molar-refractivity contribution is 6.30. The number of nitrogens with zero attached hydrogens (tertiary/aromatic N) is 1. The number of benzene rings is 1. The van der Waals surface area contributed by atoms with Crippen LogP contribution in [0.4, 0.5) is 0 Å². The fourth-order valence-electron chi connectivity index (χ4n) is 1.58. The van der Waals surface area contributed by atoms with E-state index in [1.54, 1.807) is 24.3 Å². The summed E-state index contributed by atoms with van der Waals surface area (Å²) in [4.78, 5) is 35.2. The van der Waals surface area contributed by atoms with Crippen LogP contribution in [0.15, 0.2) is 24.3 Å². The first-order chi connectivity index (χ1) is 9.04. The predicted octanol–water partition coefficient (Wildman–Crippen LogP) is 0.204. The molecule has 1 aromatic carbocycles. The van der Waals surface area contributed by atoms with Gasteiger partial charge in [0.15, 0.2) is 6.61 Å². The minimum atomic E-state index is -0.490. The van der Waals surface area contributed by atoms with Crippen molar-refractivity contribution in [1.29, 1.82) is 0 Å². The SMILES string of the molecule is O=C1CN(C(=O)COc2ccc(Cl)cc2)CC(=O)N1. The van der Waals surface area contributed by atoms with Crippen molar-refractivity contribution in [2.24, 2.45) is 0 Å². The largest absolute Gasteiger partial charge is 0.484 e. The summed E-state index contributed by atoms with van der Waals surface area (Å²) in [6, 6.07) is 6.53. The monoisotopic (exact) mass is 282 g/mol. The van der Waals surface area contributed by atoms with Crippen LogP contribution in [0.3, 0.4) is 0 Å². The summed E-state index contributed by atoms with van der Waals surface area (Å²) in [7, 11) is 0. The normalized spacial score (nSPS) is 15.1. The Morgan fingerprint density at radius 1 is 1.21 bits per heavy atom. The van der Waals surface area contributed by atoms with Gasteiger partial charge < -0.3 is 9.64 Å². The second-order valence-corrected chi connectivity index (χ2v) is 4.40. The van der Waals surface area contributed by atoms with Gasteiger partial charge in [-0.25, -0.2) is 0 Å². The number of amides is 3. The minimum Gasteiger partial charge on any atom is -0.484 e. The molecule has 19 heavy (non-hydrogen) atoms. The number of hydrogen-bond donors (Lipinski definition) is 1. The van der Waals surface area contributed by atoms with E-state index in [4.69, 9.17) is 16.3 Å². The number of rotatable bonds is 3. The Labute approximate surface area is 114 Å². The zero-order valence-corrected chi connectivity index (χ0v) is 10.6. The second kappa shape index (κ2) is 5.71. The van der Waals surface area contributed by atoms with Crippen molar-refractivity contribution >= 4 is 29.3 Å². The van der Waals surface area contributed by atoms with E-state index in [1.807, 2.05) is 0 Å². The fraction of sp³-hybridized carbons (Fsp3) is 0.250. The third kappa shape index (κ3) is 3.69. The van der Waals surface area contributed by atoms with E-state index in [2.05, 4.69) is 5.32 Å². The summed E-state index contributed by atoms with van der Waals surface area (Å²) in [5.41, 5.74) is 0. The van der Waals surface area contributed by atoms with Gasteiger partial charge in [-0.15, -0.1) is 0 Å². The molecule has 2 rings (SSSR count). The first-order valence-corrected chi connectivity index (χ1v) is 5.91. The maximum Gasteiger partial charge on any atom is 0.261 e. The summed E-state index contributed by atoms with van der Waals surface area (Å²) >= 11 is 5.72. The van der Waals surface area contributed by atoms with E-state index in [-0.39, 0.29) is 19.7 Å². The third-order valence-corrected chi connectivity index (χ3v) is 2.73. The molecule has 0 aliphatic carbocycles. The quantitative estimate of drug-likeness (QED) is 0.804. The molecule has 6 nitrogen and oxygen atoms in total. The zero-order chi connectivity index (χ0) is 13.8. The van der Waals surface area contributed by atoms with Crippen LogP contribution in [-0.2, 0) is 14.4 Å². The van der Waals surface area contributed by atoms with Gasteiger partial charge in [0.05, 0.1) is 0 Å². The first kappa shape index (κ1) is 13.4. The number of halogens is 1. The molecule has 1 fully saturated rings. The van der Waals surface area contributed by atoms with Gasteiger partial charge in [0.2, 0.25) is 11.8 Å². The lowest BCUT2D eigenvalue weighted by atomic mass is 10.3. The van der Waals surface area contributed by atoms with Gasteiger partial charge in [0.25, 0.3) is 5.91 Å². The standard InChI is InChI=1S/C12H11ClN2O4/c13-8-1-3-9(4-2-8)19-7-12(18)15-5-10(16)14-11(17)6-15/h1-4H,5-7H2,(H,14,16,17). The molecule has 0 saturated carbocycles. The Morgan fingerprint density at radius 3 is 2.37 bits per heavy atom. The molecular formula is C12H11ClN2O4. The van der Waals surface area contributed by atoms with Crippen LogP contribution < -0.4 is 10.1 Å². The first-order valence-electron chi connectivity index (χ1n) is 5.53. The van der Waals surface area contributed by atoms with E-state index in [1.165, 1.54) is 0 Å². The lowest BCUT2D eigenvalue weighted by molar-refractivity contribution is -0.146. The molecule has 1 saturated heterocycles. The van der Waals surface area contributed by atoms with Crippen molar-refractivity contribution in [2.45, 2.75) is 0 Å². The highest BCUT2D eigenvalue weighted by Crippen LogP contribution is 2.15. The molecule has 1 aromatic rings. The summed E-state index contributed by atoms with van der Waals surface area (Å²) in [6.45, 7) is -0.495. The number of imide groups is 1. The molecular weight excluding hydrogens is 272 g/mol. The average molecular weight is 283 g/mol. The van der Waals surface area contributed by atoms with Gasteiger partial charge in [-0.3, -0.25) is 19.7 Å². The van der Waals surface area contributed by atoms with Gasteiger partial charge in [0.1, 0.15) is 18.8 Å². The van der Waals surface area contributed by atoms with E-state index in [9.17, 15) is 14.4 Å². The van der Waals surface area contributed by atoms with Crippen LogP contribution in [-0.4, -0.2) is 42.3 Å². The van der Waals surface area contributed by atoms with E-state index in [0.29, 0.717) is 10.8 Å². The van der Waals surface area contributed by atoms with Gasteiger partial charge in [-0.1, -0.05) is 11.6 Å². The molecule has 1 aliphatic rings. The lowest BCUT2D eigenvalue weighted by Gasteiger charge is -2.25. The minimum absolute atomic E-state index is 0.130. The van der Waals surface area contributed by atoms with Crippen molar-refractivity contribution < 1.29 is 19.1 Å². The molecule has 0 spiro atoms. The Bertz CT molecular complexity index is 499. The Balaban J connectivity index is 1.88. The summed E-state index contributed by atoms with van der Waals surface area (Å²) in [5, 5.41) is 2.68. The molecule has 0 unspecified atom stereocenters. The highest BCUT2D eigenvalue weighted by Gasteiger charge is 2.26. The van der Waals surface area contributed by atoms with E-state index >= 15 is 0 Å². The number of carbonyl (C=O) groups excluding carboxylic acids is 3. The average Bonchev–Trinajstić information content (AvgIpc) is 2.36. The molecule has 0 radical (unpaired) electrons. The Kier molecular flexibility index (Phi) is 4.01. The lowest BCUT2D eigenvalue weighted by Crippen LogP contribution is -2.54. The van der Waals surface area contributed by atoms with E-state index in [0.717, 1.165) is 4.90 Å². The number of piperazine rings is 1. The van der Waals surface area contributed by atoms with Crippen molar-refractivity contribution in [3.63, 3.8) is 0 Å². The summed E-state index contributed by atoms with van der Waals surface area (Å²) < 4.78 is 5.25. The van der Waals surface area contributed by atoms with Crippen LogP contribution in [0, 0.1) is 0 Å². The van der Waals surface area contributed by atoms with Crippen LogP contribution in [0.5, 0.6) is 5.75 Å². The van der Waals surface area contributed by atoms with Crippen LogP contribution in [0.1, 0.15) is 0 Å². The van der Waals surface area contributed by atoms with Gasteiger partial charge >= 0.3 is 0 Å². The van der Waals surface area contributed by atoms with Gasteiger partial charge in [-0.05, 0) is 24.3 Å². The fourth-order valence-corrected chi connectivity index (χ4v) is 1.71. The van der Waals surface area contributed by atoms with Crippen molar-refractivity contribution in [2.75, 3.05) is 19.7 Å². The van der Waals surface area contributed by atoms with Crippen molar-refractivity contribution in [3.05, 3.63) is 29.3 Å². The molecule has 3 amide bonds. The number of carbonyl (C=O) groups is 3. The summed E-state index contributed by atoms with van der Waals surface area (Å²) in [5.74, 6) is -0.907. The van der Waals surface area contributed by atoms with Crippen LogP contribution in [0.25, 0.3) is 0 Å². The maximum atomic E-state index is 11.8. The van der Waals surface area contributed by atoms with Crippen molar-refractivity contribution in [1.82, 2.24) is 10.2 Å². The highest BCUT2D eigenvalue weighted by atomic mass is 35.5. The molecule has 7 heteroatoms. The summed E-state index contributed by atoms with van der Waals surface area (Å²) in [6.07, 6.45) is 0. The topological polar surface area (TPSA) is 75.7 Å². The smallest absolute Gasteiger partial charge is 0.261 e. The van der Waals surface area contributed by atoms with Crippen LogP contribution >= 0.6 is 11.6 Å². The van der Waals surface area contributed by atoms with Crippen LogP contribution in [0.2, 0.25) is 5.02 Å². The molecule has 0 aromatic heterocycles. The van der Waals surface area contributed by atoms with Crippen molar-refractivity contribution in [3.8, 4) is 5.75 Å². The number of nitrogens with one attached hydrogen (secondary N) is 1. The Morgan fingerprint density at radius 2 is 1.79 bits per heavy atom. The van der Waals surface area contributed by atoms with Gasteiger partial charge in [0, 0.05) is 5.02 Å². The second-order valence-electron chi connectivity index (χ2n) is 3.96. The predicted molar refractivity (Wildman–Crippen MR) is 66.7 cm³/mol. The van der Waals surface area contributed by atoms with Gasteiger partial charge in [-0.2, -0.15) is 0 Å². The number of hydrogen-bond acceptors (Lipinski definition) is 4.